The van der Waals surface area contributed by atoms with Crippen LogP contribution in [0.1, 0.15) is 33.5 Å². The van der Waals surface area contributed by atoms with Crippen molar-refractivity contribution in [2.24, 2.45) is 0 Å². The third-order valence-corrected chi connectivity index (χ3v) is 5.14. The molecule has 0 aliphatic carbocycles. The van der Waals surface area contributed by atoms with E-state index in [1.807, 2.05) is 0 Å². The zero-order valence-corrected chi connectivity index (χ0v) is 19.0. The highest BCUT2D eigenvalue weighted by atomic mass is 35.5. The van der Waals surface area contributed by atoms with Crippen LogP contribution in [0.3, 0.4) is 0 Å². The largest absolute Gasteiger partial charge is 0.478 e. The summed E-state index contributed by atoms with van der Waals surface area (Å²) in [5, 5.41) is 25.1. The van der Waals surface area contributed by atoms with Crippen LogP contribution in [0.2, 0.25) is 5.88 Å². The van der Waals surface area contributed by atoms with Crippen LogP contribution in [0.5, 0.6) is 0 Å². The van der Waals surface area contributed by atoms with E-state index in [-0.39, 0.29) is 26.2 Å². The van der Waals surface area contributed by atoms with Crippen molar-refractivity contribution >= 4 is 51.0 Å². The van der Waals surface area contributed by atoms with Gasteiger partial charge in [-0.15, -0.1) is 0 Å². The molecule has 182 valence electrons. The first-order valence-corrected chi connectivity index (χ1v) is 10.6. The fraction of sp³-hybridized carbons (Fsp3) is 0.273. The predicted octanol–water partition coefficient (Wildman–Crippen LogP) is 3.54. The van der Waals surface area contributed by atoms with Gasteiger partial charge in [-0.05, 0) is 30.4 Å². The van der Waals surface area contributed by atoms with Crippen molar-refractivity contribution in [3.63, 3.8) is 0 Å². The molecular weight excluding hydrogens is 499 g/mol. The number of aromatic nitrogens is 3. The molecule has 13 heteroatoms. The van der Waals surface area contributed by atoms with E-state index in [1.165, 1.54) is 0 Å². The third kappa shape index (κ3) is 7.68. The van der Waals surface area contributed by atoms with E-state index in [2.05, 4.69) is 15.0 Å². The minimum atomic E-state index is -2.82. The van der Waals surface area contributed by atoms with Gasteiger partial charge in [0.1, 0.15) is 28.7 Å². The van der Waals surface area contributed by atoms with Crippen LogP contribution < -0.4 is 5.31 Å². The first-order valence-electron chi connectivity index (χ1n) is 13.4. The maximum Gasteiger partial charge on any atom is 0.328 e. The Morgan fingerprint density at radius 2 is 2.14 bits per heavy atom. The number of benzene rings is 1. The van der Waals surface area contributed by atoms with Crippen LogP contribution in [0, 0.1) is 17.1 Å². The first kappa shape index (κ1) is 16.9. The van der Waals surface area contributed by atoms with Gasteiger partial charge in [0.25, 0.3) is 0 Å². The van der Waals surface area contributed by atoms with Crippen LogP contribution in [0.15, 0.2) is 36.7 Å². The highest BCUT2D eigenvalue weighted by molar-refractivity contribution is 7.22. The average molecular weight is 527 g/mol. The lowest BCUT2D eigenvalue weighted by molar-refractivity contribution is -0.134. The summed E-state index contributed by atoms with van der Waals surface area (Å²) < 4.78 is 82.2. The molecule has 1 aliphatic rings. The van der Waals surface area contributed by atoms with E-state index in [9.17, 15) is 14.0 Å². The summed E-state index contributed by atoms with van der Waals surface area (Å²) in [4.78, 5) is 32.0. The maximum atomic E-state index is 13.9. The molecule has 10 nitrogen and oxygen atoms in total. The summed E-state index contributed by atoms with van der Waals surface area (Å²) in [6.07, 6.45) is -3.30. The number of nitrogens with one attached hydrogen (secondary N) is 1. The van der Waals surface area contributed by atoms with Gasteiger partial charge in [-0.2, -0.15) is 5.26 Å². The van der Waals surface area contributed by atoms with Crippen LogP contribution >= 0.6 is 22.9 Å². The average Bonchev–Trinajstić information content (AvgIpc) is 3.31. The van der Waals surface area contributed by atoms with Crippen molar-refractivity contribution in [1.29, 1.82) is 5.26 Å². The molecule has 1 aliphatic heterocycles. The molecular formula is C22H20ClFN6O4S. The number of aliphatic carboxylic acids is 2. The van der Waals surface area contributed by atoms with E-state index in [4.69, 9.17) is 38.1 Å². The molecule has 0 amide bonds. The molecule has 3 aromatic rings. The van der Waals surface area contributed by atoms with Gasteiger partial charge < -0.3 is 15.5 Å². The molecule has 0 saturated carbocycles. The Labute approximate surface area is 219 Å². The summed E-state index contributed by atoms with van der Waals surface area (Å²) in [6, 6.07) is 0.224. The lowest BCUT2D eigenvalue weighted by Crippen LogP contribution is -2.38. The molecule has 3 N–H and O–H groups in total. The second kappa shape index (κ2) is 12.2. The number of carboxylic acids is 2. The molecule has 0 bridgehead atoms. The van der Waals surface area contributed by atoms with E-state index in [1.54, 1.807) is 6.07 Å². The second-order valence-corrected chi connectivity index (χ2v) is 8.03. The number of nitrogens with zero attached hydrogens (tertiary/aromatic N) is 5. The second-order valence-electron chi connectivity index (χ2n) is 6.45. The standard InChI is InChI=1S/C18H16ClFN6S.C4H4O4/c19-18-25-17-15(27-18)16(22-10-23-17)24-13-3-5-26(6-4-13)9-11-1-2-14(20)12(7-11)8-21;5-3(6)1-2-4(7)8/h1-2,7,10,13H,3-6,9H2,(H,22,23,24);1-2H,(H,5,6)(H,7,8)/b;2-1-/i2D,3D2,4D2,9D,13D;/hD. The molecule has 2 aromatic heterocycles. The summed E-state index contributed by atoms with van der Waals surface area (Å²) in [5.74, 6) is -3.81. The number of rotatable bonds is 6. The monoisotopic (exact) mass is 526 g/mol. The summed E-state index contributed by atoms with van der Waals surface area (Å²) in [5.41, 5.74) is -0.348. The molecule has 0 radical (unpaired) electrons. The number of hydrogen-bond donors (Lipinski definition) is 3. The number of carboxylic acid groups (broad SMARTS) is 2. The van der Waals surface area contributed by atoms with Crippen molar-refractivity contribution in [3.05, 3.63) is 58.1 Å². The zero-order valence-electron chi connectivity index (χ0n) is 25.4. The lowest BCUT2D eigenvalue weighted by Gasteiger charge is -2.32. The summed E-state index contributed by atoms with van der Waals surface area (Å²) in [6.45, 7) is -2.76. The SMILES string of the molecule is O=C(O)/C=C\C(=O)O.[2H]c1cc(C([2H])N2CC([2H])([2H])C([2H])(N([2H])c3ncnc4nc(Cl)sc34)C([2H])([2H])C2)cc(C#N)c1F. The first-order chi connectivity index (χ1) is 19.9. The minimum absolute atomic E-state index is 0.00318. The van der Waals surface area contributed by atoms with Crippen LogP contribution in [-0.4, -0.2) is 61.1 Å². The van der Waals surface area contributed by atoms with Gasteiger partial charge >= 0.3 is 11.9 Å². The smallest absolute Gasteiger partial charge is 0.328 e. The number of nitriles is 1. The molecule has 1 aromatic carbocycles. The Hall–Kier alpha value is -3.66. The van der Waals surface area contributed by atoms with Crippen molar-refractivity contribution in [2.75, 3.05) is 18.4 Å². The summed E-state index contributed by atoms with van der Waals surface area (Å²) in [7, 11) is 0. The molecule has 4 rings (SSSR count). The van der Waals surface area contributed by atoms with E-state index in [0.717, 1.165) is 34.7 Å². The van der Waals surface area contributed by atoms with Crippen LogP contribution in [-0.2, 0) is 16.1 Å². The molecule has 1 fully saturated rings. The van der Waals surface area contributed by atoms with Gasteiger partial charge in [-0.3, -0.25) is 4.90 Å². The lowest BCUT2D eigenvalue weighted by atomic mass is 10.0. The fourth-order valence-corrected chi connectivity index (χ4v) is 3.54. The highest BCUT2D eigenvalue weighted by Gasteiger charge is 2.21. The van der Waals surface area contributed by atoms with Gasteiger partial charge in [-0.1, -0.05) is 29.0 Å². The highest BCUT2D eigenvalue weighted by Crippen LogP contribution is 2.30. The Morgan fingerprint density at radius 3 is 2.77 bits per heavy atom. The molecule has 0 spiro atoms. The topological polar surface area (TPSA) is 152 Å². The molecule has 1 atom stereocenters. The van der Waals surface area contributed by atoms with Gasteiger partial charge in [-0.25, -0.2) is 28.9 Å². The number of fused-ring (bicyclic) bond motifs is 1. The van der Waals surface area contributed by atoms with E-state index < -0.39 is 67.7 Å². The van der Waals surface area contributed by atoms with Gasteiger partial charge in [0, 0.05) is 44.6 Å². The van der Waals surface area contributed by atoms with E-state index >= 15 is 0 Å². The number of carbonyl (C=O) groups is 2. The number of hydrogen-bond acceptors (Lipinski definition) is 9. The third-order valence-electron chi connectivity index (χ3n) is 4.00. The maximum absolute atomic E-state index is 13.9. The zero-order chi connectivity index (χ0) is 32.5. The van der Waals surface area contributed by atoms with Crippen molar-refractivity contribution in [1.82, 2.24) is 19.9 Å². The Bertz CT molecular complexity index is 1610. The van der Waals surface area contributed by atoms with Gasteiger partial charge in [0.15, 0.2) is 11.5 Å². The Morgan fingerprint density at radius 1 is 1.46 bits per heavy atom. The minimum Gasteiger partial charge on any atom is -0.478 e. The number of halogens is 2. The van der Waals surface area contributed by atoms with Gasteiger partial charge in [0.2, 0.25) is 0 Å². The predicted molar refractivity (Wildman–Crippen MR) is 128 cm³/mol. The van der Waals surface area contributed by atoms with Crippen molar-refractivity contribution in [2.45, 2.75) is 25.3 Å². The number of likely N-dealkylation sites (tertiary alicyclic amines) is 1. The Balaban J connectivity index is 0.000000557. The normalized spacial score (nSPS) is 22.3. The number of piperidine rings is 1. The summed E-state index contributed by atoms with van der Waals surface area (Å²) >= 11 is 6.83. The van der Waals surface area contributed by atoms with E-state index in [0.29, 0.717) is 17.5 Å². The number of thiazole rings is 1. The number of anilines is 1. The molecule has 3 heterocycles. The van der Waals surface area contributed by atoms with Crippen molar-refractivity contribution < 1.29 is 35.2 Å². The van der Waals surface area contributed by atoms with Crippen LogP contribution in [0.25, 0.3) is 10.3 Å². The van der Waals surface area contributed by atoms with Crippen molar-refractivity contribution in [3.8, 4) is 6.07 Å². The van der Waals surface area contributed by atoms with Gasteiger partial charge in [0.05, 0.1) is 8.30 Å². The quantitative estimate of drug-likeness (QED) is 0.406. The molecule has 1 saturated heterocycles. The fourth-order valence-electron chi connectivity index (χ4n) is 2.55. The Kier molecular flexibility index (Phi) is 5.87. The molecule has 1 unspecified atom stereocenters. The molecule has 35 heavy (non-hydrogen) atoms. The van der Waals surface area contributed by atoms with Crippen LogP contribution in [0.4, 0.5) is 10.2 Å².